The molecule has 0 saturated heterocycles. The minimum Gasteiger partial charge on any atom is -0.309 e. The Morgan fingerprint density at radius 1 is 0.290 bits per heavy atom. The molecular formula is C61H41N. The van der Waals surface area contributed by atoms with E-state index in [2.05, 4.69) is 254 Å². The van der Waals surface area contributed by atoms with E-state index in [9.17, 15) is 0 Å². The van der Waals surface area contributed by atoms with Crippen LogP contribution in [0, 0.1) is 0 Å². The number of rotatable bonds is 7. The maximum atomic E-state index is 2.53. The molecule has 11 aromatic carbocycles. The van der Waals surface area contributed by atoms with E-state index in [1.54, 1.807) is 0 Å². The third-order valence-corrected chi connectivity index (χ3v) is 13.1. The van der Waals surface area contributed by atoms with Crippen LogP contribution in [-0.4, -0.2) is 0 Å². The van der Waals surface area contributed by atoms with Crippen molar-refractivity contribution in [3.05, 3.63) is 271 Å². The zero-order valence-electron chi connectivity index (χ0n) is 34.1. The Morgan fingerprint density at radius 3 is 1.65 bits per heavy atom. The molecule has 0 atom stereocenters. The summed E-state index contributed by atoms with van der Waals surface area (Å²) in [4.78, 5) is 2.53. The van der Waals surface area contributed by atoms with Gasteiger partial charge in [0.15, 0.2) is 0 Å². The summed E-state index contributed by atoms with van der Waals surface area (Å²) in [5.41, 5.74) is 15.1. The first kappa shape index (κ1) is 35.9. The van der Waals surface area contributed by atoms with Crippen LogP contribution in [-0.2, 0) is 5.41 Å². The van der Waals surface area contributed by atoms with Crippen molar-refractivity contribution in [3.63, 3.8) is 0 Å². The van der Waals surface area contributed by atoms with E-state index >= 15 is 0 Å². The van der Waals surface area contributed by atoms with E-state index < -0.39 is 5.41 Å². The minimum absolute atomic E-state index is 0.531. The number of fused-ring (bicyclic) bond motifs is 7. The van der Waals surface area contributed by atoms with Gasteiger partial charge in [0.25, 0.3) is 0 Å². The summed E-state index contributed by atoms with van der Waals surface area (Å²) >= 11 is 0. The molecule has 0 aliphatic heterocycles. The van der Waals surface area contributed by atoms with Gasteiger partial charge in [0.1, 0.15) is 0 Å². The van der Waals surface area contributed by atoms with Crippen LogP contribution in [0.25, 0.3) is 65.7 Å². The fourth-order valence-corrected chi connectivity index (χ4v) is 10.4. The fourth-order valence-electron chi connectivity index (χ4n) is 10.4. The van der Waals surface area contributed by atoms with Crippen LogP contribution in [0.1, 0.15) is 22.3 Å². The molecule has 0 radical (unpaired) electrons. The molecule has 0 bridgehead atoms. The van der Waals surface area contributed by atoms with Crippen molar-refractivity contribution >= 4 is 49.4 Å². The van der Waals surface area contributed by atoms with E-state index in [4.69, 9.17) is 0 Å². The van der Waals surface area contributed by atoms with E-state index in [0.717, 1.165) is 17.1 Å². The zero-order valence-corrected chi connectivity index (χ0v) is 34.1. The molecule has 0 amide bonds. The third kappa shape index (κ3) is 5.56. The minimum atomic E-state index is -0.531. The molecule has 0 heterocycles. The summed E-state index contributed by atoms with van der Waals surface area (Å²) < 4.78 is 0. The van der Waals surface area contributed by atoms with Gasteiger partial charge in [-0.2, -0.15) is 0 Å². The van der Waals surface area contributed by atoms with Crippen LogP contribution in [0.2, 0.25) is 0 Å². The predicted molar refractivity (Wildman–Crippen MR) is 262 cm³/mol. The number of nitrogens with zero attached hydrogens (tertiary/aromatic N) is 1. The van der Waals surface area contributed by atoms with Crippen molar-refractivity contribution in [2.45, 2.75) is 5.41 Å². The Labute approximate surface area is 362 Å². The number of hydrogen-bond donors (Lipinski definition) is 0. The molecular weight excluding hydrogens is 747 g/mol. The van der Waals surface area contributed by atoms with Crippen molar-refractivity contribution in [2.24, 2.45) is 0 Å². The summed E-state index contributed by atoms with van der Waals surface area (Å²) in [6.45, 7) is 0. The van der Waals surface area contributed by atoms with Gasteiger partial charge >= 0.3 is 0 Å². The first-order valence-corrected chi connectivity index (χ1v) is 21.5. The standard InChI is InChI=1S/C61H41N/c1-3-23-47(24-4-1)61(48-25-5-2-6-26-48)56-33-15-13-32-54(56)60-57(61)34-18-36-59(60)62(49-27-17-22-44(40-49)45-38-37-42-19-7-8-20-43(42)39-45)58-35-16-14-31-53(58)55-41-46-21-9-10-28-50(46)51-29-11-12-30-52(51)55/h1-41H. The lowest BCUT2D eigenvalue weighted by molar-refractivity contribution is 0.768. The first-order chi connectivity index (χ1) is 30.8. The monoisotopic (exact) mass is 787 g/mol. The lowest BCUT2D eigenvalue weighted by atomic mass is 9.68. The van der Waals surface area contributed by atoms with Crippen molar-refractivity contribution in [2.75, 3.05) is 4.90 Å². The Balaban J connectivity index is 1.17. The lowest BCUT2D eigenvalue weighted by Gasteiger charge is -2.34. The second-order valence-corrected chi connectivity index (χ2v) is 16.4. The van der Waals surface area contributed by atoms with Crippen LogP contribution in [0.15, 0.2) is 249 Å². The molecule has 0 fully saturated rings. The highest BCUT2D eigenvalue weighted by atomic mass is 15.1. The highest BCUT2D eigenvalue weighted by Gasteiger charge is 2.47. The summed E-state index contributed by atoms with van der Waals surface area (Å²) in [6.07, 6.45) is 0. The molecule has 1 aliphatic carbocycles. The Kier molecular flexibility index (Phi) is 8.47. The van der Waals surface area contributed by atoms with Crippen LogP contribution in [0.5, 0.6) is 0 Å². The molecule has 62 heavy (non-hydrogen) atoms. The molecule has 1 heteroatoms. The number of hydrogen-bond acceptors (Lipinski definition) is 1. The fraction of sp³-hybridized carbons (Fsp3) is 0.0164. The van der Waals surface area contributed by atoms with E-state index in [1.165, 1.54) is 88.0 Å². The maximum absolute atomic E-state index is 2.53. The summed E-state index contributed by atoms with van der Waals surface area (Å²) in [6, 6.07) is 91.8. The molecule has 11 aromatic rings. The second kappa shape index (κ2) is 14.6. The van der Waals surface area contributed by atoms with Gasteiger partial charge in [-0.3, -0.25) is 0 Å². The van der Waals surface area contributed by atoms with Gasteiger partial charge in [0.2, 0.25) is 0 Å². The van der Waals surface area contributed by atoms with Gasteiger partial charge in [-0.25, -0.2) is 0 Å². The predicted octanol–water partition coefficient (Wildman–Crippen LogP) is 16.3. The van der Waals surface area contributed by atoms with Gasteiger partial charge in [-0.15, -0.1) is 0 Å². The normalized spacial score (nSPS) is 12.6. The molecule has 0 spiro atoms. The van der Waals surface area contributed by atoms with E-state index in [0.29, 0.717) is 0 Å². The molecule has 0 saturated carbocycles. The Bertz CT molecular complexity index is 3430. The Morgan fingerprint density at radius 2 is 0.855 bits per heavy atom. The number of anilines is 3. The number of benzene rings is 11. The molecule has 1 nitrogen and oxygen atoms in total. The van der Waals surface area contributed by atoms with E-state index in [1.807, 2.05) is 0 Å². The average Bonchev–Trinajstić information content (AvgIpc) is 3.66. The Hall–Kier alpha value is -8.00. The maximum Gasteiger partial charge on any atom is 0.0714 e. The van der Waals surface area contributed by atoms with Crippen molar-refractivity contribution in [1.82, 2.24) is 0 Å². The van der Waals surface area contributed by atoms with Crippen LogP contribution in [0.3, 0.4) is 0 Å². The second-order valence-electron chi connectivity index (χ2n) is 16.4. The van der Waals surface area contributed by atoms with Crippen LogP contribution >= 0.6 is 0 Å². The largest absolute Gasteiger partial charge is 0.309 e. The lowest BCUT2D eigenvalue weighted by Crippen LogP contribution is -2.28. The summed E-state index contributed by atoms with van der Waals surface area (Å²) in [5, 5.41) is 7.45. The van der Waals surface area contributed by atoms with Crippen molar-refractivity contribution in [3.8, 4) is 33.4 Å². The SMILES string of the molecule is c1ccc(C2(c3ccccc3)c3ccccc3-c3c(N(c4cccc(-c5ccc6ccccc6c5)c4)c4ccccc4-c4cc5ccccc5c5ccccc45)cccc32)cc1. The molecule has 12 rings (SSSR count). The van der Waals surface area contributed by atoms with Gasteiger partial charge in [0.05, 0.1) is 16.8 Å². The highest BCUT2D eigenvalue weighted by Crippen LogP contribution is 2.60. The first-order valence-electron chi connectivity index (χ1n) is 21.5. The van der Waals surface area contributed by atoms with Crippen molar-refractivity contribution < 1.29 is 0 Å². The van der Waals surface area contributed by atoms with Crippen molar-refractivity contribution in [1.29, 1.82) is 0 Å². The van der Waals surface area contributed by atoms with Crippen LogP contribution in [0.4, 0.5) is 17.1 Å². The zero-order chi connectivity index (χ0) is 41.0. The topological polar surface area (TPSA) is 3.24 Å². The molecule has 0 aromatic heterocycles. The smallest absolute Gasteiger partial charge is 0.0714 e. The van der Waals surface area contributed by atoms with Gasteiger partial charge in [-0.05, 0) is 113 Å². The summed E-state index contributed by atoms with van der Waals surface area (Å²) in [5.74, 6) is 0. The third-order valence-electron chi connectivity index (χ3n) is 13.1. The summed E-state index contributed by atoms with van der Waals surface area (Å²) in [7, 11) is 0. The average molecular weight is 788 g/mol. The molecule has 0 N–H and O–H groups in total. The highest BCUT2D eigenvalue weighted by molar-refractivity contribution is 6.15. The van der Waals surface area contributed by atoms with Gasteiger partial charge in [-0.1, -0.05) is 212 Å². The molecule has 1 aliphatic rings. The van der Waals surface area contributed by atoms with Crippen LogP contribution < -0.4 is 4.90 Å². The molecule has 290 valence electrons. The molecule has 0 unspecified atom stereocenters. The van der Waals surface area contributed by atoms with Gasteiger partial charge < -0.3 is 4.90 Å². The van der Waals surface area contributed by atoms with E-state index in [-0.39, 0.29) is 0 Å². The number of para-hydroxylation sites is 1. The van der Waals surface area contributed by atoms with Gasteiger partial charge in [0, 0.05) is 16.8 Å². The quantitative estimate of drug-likeness (QED) is 0.145.